The van der Waals surface area contributed by atoms with Crippen LogP contribution in [0.25, 0.3) is 0 Å². The quantitative estimate of drug-likeness (QED) is 0.650. The van der Waals surface area contributed by atoms with E-state index >= 15 is 0 Å². The monoisotopic (exact) mass is 240 g/mol. The molecule has 0 atom stereocenters. The van der Waals surface area contributed by atoms with Gasteiger partial charge in [0.25, 0.3) is 0 Å². The predicted molar refractivity (Wildman–Crippen MR) is 71.7 cm³/mol. The number of amides is 1. The molecule has 1 fully saturated rings. The van der Waals surface area contributed by atoms with Crippen molar-refractivity contribution in [3.8, 4) is 0 Å². The third-order valence-electron chi connectivity index (χ3n) is 3.91. The summed E-state index contributed by atoms with van der Waals surface area (Å²) >= 11 is 0. The summed E-state index contributed by atoms with van der Waals surface area (Å²) in [5.41, 5.74) is 5.96. The fraction of sp³-hybridized carbons (Fsp3) is 0.929. The maximum atomic E-state index is 12.1. The van der Waals surface area contributed by atoms with Crippen molar-refractivity contribution < 1.29 is 4.79 Å². The summed E-state index contributed by atoms with van der Waals surface area (Å²) in [5, 5.41) is 3.15. The van der Waals surface area contributed by atoms with E-state index in [-0.39, 0.29) is 11.8 Å². The van der Waals surface area contributed by atoms with Crippen LogP contribution >= 0.6 is 0 Å². The van der Waals surface area contributed by atoms with E-state index in [0.29, 0.717) is 5.41 Å². The molecule has 1 aliphatic carbocycles. The number of carbonyl (C=O) groups excluding carboxylic acids is 1. The number of rotatable bonds is 9. The van der Waals surface area contributed by atoms with Gasteiger partial charge in [0, 0.05) is 12.5 Å². The molecule has 1 amide bonds. The largest absolute Gasteiger partial charge is 0.355 e. The molecule has 0 spiro atoms. The number of hydrogen-bond acceptors (Lipinski definition) is 2. The molecule has 0 aromatic rings. The molecule has 1 aliphatic rings. The highest BCUT2D eigenvalue weighted by Crippen LogP contribution is 2.47. The maximum absolute atomic E-state index is 12.1. The van der Waals surface area contributed by atoms with E-state index in [1.54, 1.807) is 0 Å². The zero-order valence-corrected chi connectivity index (χ0v) is 11.4. The number of nitrogens with two attached hydrogens (primary N) is 1. The highest BCUT2D eigenvalue weighted by atomic mass is 16.1. The third kappa shape index (κ3) is 4.66. The summed E-state index contributed by atoms with van der Waals surface area (Å²) in [7, 11) is 0. The molecule has 0 aromatic carbocycles. The molecule has 0 bridgehead atoms. The van der Waals surface area contributed by atoms with Crippen molar-refractivity contribution in [2.45, 2.75) is 58.8 Å². The molecule has 17 heavy (non-hydrogen) atoms. The number of carbonyl (C=O) groups is 1. The molecule has 0 saturated heterocycles. The van der Waals surface area contributed by atoms with E-state index in [9.17, 15) is 4.79 Å². The highest BCUT2D eigenvalue weighted by molar-refractivity contribution is 5.78. The summed E-state index contributed by atoms with van der Waals surface area (Å²) in [6.07, 6.45) is 7.73. The van der Waals surface area contributed by atoms with E-state index in [0.717, 1.165) is 45.2 Å². The second-order valence-corrected chi connectivity index (χ2v) is 5.53. The van der Waals surface area contributed by atoms with Gasteiger partial charge in [0.1, 0.15) is 0 Å². The zero-order valence-electron chi connectivity index (χ0n) is 11.4. The van der Waals surface area contributed by atoms with E-state index in [4.69, 9.17) is 5.73 Å². The molecule has 0 aromatic heterocycles. The van der Waals surface area contributed by atoms with Crippen molar-refractivity contribution in [1.29, 1.82) is 0 Å². The first-order valence-corrected chi connectivity index (χ1v) is 7.15. The lowest BCUT2D eigenvalue weighted by Gasteiger charge is -2.19. The molecule has 100 valence electrons. The van der Waals surface area contributed by atoms with Crippen LogP contribution in [0.15, 0.2) is 0 Å². The molecular weight excluding hydrogens is 212 g/mol. The van der Waals surface area contributed by atoms with E-state index in [1.165, 1.54) is 12.8 Å². The van der Waals surface area contributed by atoms with Gasteiger partial charge < -0.3 is 11.1 Å². The molecular formula is C14H28N2O. The Morgan fingerprint density at radius 3 is 2.29 bits per heavy atom. The van der Waals surface area contributed by atoms with Crippen molar-refractivity contribution in [3.63, 3.8) is 0 Å². The standard InChI is InChI=1S/C14H28N2O/c1-3-5-12(6-4-2)13(17)16-11-14(7-8-14)9-10-15/h12H,3-11,15H2,1-2H3,(H,16,17). The van der Waals surface area contributed by atoms with Crippen LogP contribution in [0.1, 0.15) is 58.8 Å². The molecule has 1 saturated carbocycles. The second kappa shape index (κ2) is 7.00. The van der Waals surface area contributed by atoms with Crippen molar-refractivity contribution in [2.24, 2.45) is 17.1 Å². The van der Waals surface area contributed by atoms with E-state index < -0.39 is 0 Å². The van der Waals surface area contributed by atoms with Crippen LogP contribution in [0.2, 0.25) is 0 Å². The van der Waals surface area contributed by atoms with Crippen molar-refractivity contribution >= 4 is 5.91 Å². The van der Waals surface area contributed by atoms with E-state index in [2.05, 4.69) is 19.2 Å². The van der Waals surface area contributed by atoms with Gasteiger partial charge in [-0.3, -0.25) is 4.79 Å². The smallest absolute Gasteiger partial charge is 0.223 e. The number of nitrogens with one attached hydrogen (secondary N) is 1. The van der Waals surface area contributed by atoms with Gasteiger partial charge in [0.05, 0.1) is 0 Å². The lowest BCUT2D eigenvalue weighted by Crippen LogP contribution is -2.35. The summed E-state index contributed by atoms with van der Waals surface area (Å²) in [5.74, 6) is 0.482. The molecule has 1 rings (SSSR count). The molecule has 3 nitrogen and oxygen atoms in total. The van der Waals surface area contributed by atoms with Crippen LogP contribution in [-0.4, -0.2) is 19.0 Å². The summed E-state index contributed by atoms with van der Waals surface area (Å²) in [4.78, 5) is 12.1. The molecule has 0 aliphatic heterocycles. The molecule has 0 unspecified atom stereocenters. The zero-order chi connectivity index (χ0) is 12.7. The Morgan fingerprint density at radius 1 is 1.29 bits per heavy atom. The van der Waals surface area contributed by atoms with Crippen LogP contribution in [0.4, 0.5) is 0 Å². The molecule has 3 heteroatoms. The predicted octanol–water partition coefficient (Wildman–Crippen LogP) is 2.45. The normalized spacial score (nSPS) is 17.2. The molecule has 0 radical (unpaired) electrons. The van der Waals surface area contributed by atoms with Crippen LogP contribution in [0, 0.1) is 11.3 Å². The fourth-order valence-electron chi connectivity index (χ4n) is 2.52. The van der Waals surface area contributed by atoms with Gasteiger partial charge in [-0.15, -0.1) is 0 Å². The van der Waals surface area contributed by atoms with Gasteiger partial charge in [0.15, 0.2) is 0 Å². The van der Waals surface area contributed by atoms with E-state index in [1.807, 2.05) is 0 Å². The molecule has 0 heterocycles. The lowest BCUT2D eigenvalue weighted by atomic mass is 9.96. The summed E-state index contributed by atoms with van der Waals surface area (Å²) in [6.45, 7) is 5.87. The van der Waals surface area contributed by atoms with Gasteiger partial charge in [-0.25, -0.2) is 0 Å². The van der Waals surface area contributed by atoms with Gasteiger partial charge in [-0.05, 0) is 44.1 Å². The SMILES string of the molecule is CCCC(CCC)C(=O)NCC1(CCN)CC1. The Morgan fingerprint density at radius 2 is 1.88 bits per heavy atom. The van der Waals surface area contributed by atoms with Crippen molar-refractivity contribution in [2.75, 3.05) is 13.1 Å². The summed E-state index contributed by atoms with van der Waals surface area (Å²) < 4.78 is 0. The maximum Gasteiger partial charge on any atom is 0.223 e. The van der Waals surface area contributed by atoms with Crippen LogP contribution in [0.3, 0.4) is 0 Å². The van der Waals surface area contributed by atoms with Crippen LogP contribution < -0.4 is 11.1 Å². The van der Waals surface area contributed by atoms with Gasteiger partial charge in [-0.1, -0.05) is 26.7 Å². The Balaban J connectivity index is 2.31. The first kappa shape index (κ1) is 14.5. The first-order valence-electron chi connectivity index (χ1n) is 7.15. The minimum Gasteiger partial charge on any atom is -0.355 e. The second-order valence-electron chi connectivity index (χ2n) is 5.53. The highest BCUT2D eigenvalue weighted by Gasteiger charge is 2.41. The minimum absolute atomic E-state index is 0.221. The van der Waals surface area contributed by atoms with Crippen molar-refractivity contribution in [1.82, 2.24) is 5.32 Å². The Labute approximate surface area is 106 Å². The Hall–Kier alpha value is -0.570. The molecule has 3 N–H and O–H groups in total. The lowest BCUT2D eigenvalue weighted by molar-refractivity contribution is -0.125. The van der Waals surface area contributed by atoms with Crippen LogP contribution in [-0.2, 0) is 4.79 Å². The average molecular weight is 240 g/mol. The van der Waals surface area contributed by atoms with Gasteiger partial charge in [0.2, 0.25) is 5.91 Å². The number of hydrogen-bond donors (Lipinski definition) is 2. The fourth-order valence-corrected chi connectivity index (χ4v) is 2.52. The van der Waals surface area contributed by atoms with Gasteiger partial charge >= 0.3 is 0 Å². The summed E-state index contributed by atoms with van der Waals surface area (Å²) in [6, 6.07) is 0. The topological polar surface area (TPSA) is 55.1 Å². The van der Waals surface area contributed by atoms with Crippen LogP contribution in [0.5, 0.6) is 0 Å². The average Bonchev–Trinajstić information content (AvgIpc) is 3.07. The third-order valence-corrected chi connectivity index (χ3v) is 3.91. The Kier molecular flexibility index (Phi) is 5.96. The minimum atomic E-state index is 0.221. The van der Waals surface area contributed by atoms with Gasteiger partial charge in [-0.2, -0.15) is 0 Å². The van der Waals surface area contributed by atoms with Crippen molar-refractivity contribution in [3.05, 3.63) is 0 Å². The first-order chi connectivity index (χ1) is 8.17. The Bertz CT molecular complexity index is 230.